The summed E-state index contributed by atoms with van der Waals surface area (Å²) in [4.78, 5) is 49.8. The Kier molecular flexibility index (Phi) is 8.53. The molecule has 0 saturated carbocycles. The van der Waals surface area contributed by atoms with Gasteiger partial charge in [-0.05, 0) is 49.6 Å². The number of hydrogen-bond donors (Lipinski definition) is 3. The first-order valence-corrected chi connectivity index (χ1v) is 11.5. The van der Waals surface area contributed by atoms with E-state index in [1.54, 1.807) is 0 Å². The van der Waals surface area contributed by atoms with Gasteiger partial charge in [-0.1, -0.05) is 0 Å². The fourth-order valence-electron chi connectivity index (χ4n) is 4.08. The lowest BCUT2D eigenvalue weighted by molar-refractivity contribution is 0.0586. The Balaban J connectivity index is 1.90. The zero-order valence-electron chi connectivity index (χ0n) is 22.4. The van der Waals surface area contributed by atoms with E-state index in [0.29, 0.717) is 0 Å². The lowest BCUT2D eigenvalue weighted by atomic mass is 10.00. The monoisotopic (exact) mass is 554 g/mol. The number of aromatic hydroxyl groups is 3. The van der Waals surface area contributed by atoms with Crippen LogP contribution in [0, 0.1) is 20.8 Å². The number of esters is 4. The zero-order chi connectivity index (χ0) is 29.9. The molecule has 3 rings (SSSR count). The molecule has 0 saturated heterocycles. The number of methoxy groups -OCH3 is 3. The van der Waals surface area contributed by atoms with Crippen molar-refractivity contribution in [1.82, 2.24) is 0 Å². The van der Waals surface area contributed by atoms with E-state index in [1.165, 1.54) is 40.0 Å². The Bertz CT molecular complexity index is 1490. The van der Waals surface area contributed by atoms with Gasteiger partial charge >= 0.3 is 23.9 Å². The maximum Gasteiger partial charge on any atom is 0.347 e. The lowest BCUT2D eigenvalue weighted by Gasteiger charge is -2.16. The third-order valence-corrected chi connectivity index (χ3v) is 5.93. The fourth-order valence-corrected chi connectivity index (χ4v) is 4.08. The number of phenols is 3. The van der Waals surface area contributed by atoms with Gasteiger partial charge in [-0.15, -0.1) is 0 Å². The quantitative estimate of drug-likeness (QED) is 0.285. The van der Waals surface area contributed by atoms with Crippen molar-refractivity contribution in [2.75, 3.05) is 21.3 Å². The van der Waals surface area contributed by atoms with Gasteiger partial charge in [0, 0.05) is 18.2 Å². The molecule has 0 aromatic heterocycles. The molecule has 0 aliphatic carbocycles. The van der Waals surface area contributed by atoms with Crippen LogP contribution in [0.3, 0.4) is 0 Å². The number of hydrogen-bond acceptors (Lipinski definition) is 12. The molecule has 0 bridgehead atoms. The van der Waals surface area contributed by atoms with Gasteiger partial charge in [0.1, 0.15) is 56.8 Å². The van der Waals surface area contributed by atoms with Crippen molar-refractivity contribution in [2.45, 2.75) is 20.8 Å². The highest BCUT2D eigenvalue weighted by Gasteiger charge is 2.28. The lowest BCUT2D eigenvalue weighted by Crippen LogP contribution is -2.16. The molecule has 3 N–H and O–H groups in total. The minimum atomic E-state index is -1.06. The molecule has 40 heavy (non-hydrogen) atoms. The molecule has 0 fully saturated rings. The van der Waals surface area contributed by atoms with Gasteiger partial charge in [-0.3, -0.25) is 0 Å². The normalized spacial score (nSPS) is 10.4. The number of carbonyl (C=O) groups excluding carboxylic acids is 4. The molecular formula is C28H26O12. The summed E-state index contributed by atoms with van der Waals surface area (Å²) in [7, 11) is 3.57. The minimum absolute atomic E-state index is 0.0156. The Morgan fingerprint density at radius 1 is 0.550 bits per heavy atom. The van der Waals surface area contributed by atoms with Crippen LogP contribution in [0.25, 0.3) is 0 Å². The summed E-state index contributed by atoms with van der Waals surface area (Å²) in [5.41, 5.74) is -0.308. The molecule has 0 atom stereocenters. The van der Waals surface area contributed by atoms with E-state index in [9.17, 15) is 34.5 Å². The van der Waals surface area contributed by atoms with Gasteiger partial charge in [-0.2, -0.15) is 0 Å². The highest BCUT2D eigenvalue weighted by Crippen LogP contribution is 2.36. The van der Waals surface area contributed by atoms with Crippen molar-refractivity contribution in [3.63, 3.8) is 0 Å². The second-order valence-corrected chi connectivity index (χ2v) is 8.50. The molecule has 0 unspecified atom stereocenters. The Morgan fingerprint density at radius 3 is 1.38 bits per heavy atom. The zero-order valence-corrected chi connectivity index (χ0v) is 22.4. The molecule has 12 heteroatoms. The van der Waals surface area contributed by atoms with Gasteiger partial charge < -0.3 is 39.0 Å². The number of ether oxygens (including phenoxy) is 5. The Hall–Kier alpha value is -5.26. The first kappa shape index (κ1) is 29.3. The van der Waals surface area contributed by atoms with Crippen LogP contribution in [-0.4, -0.2) is 60.5 Å². The van der Waals surface area contributed by atoms with Crippen molar-refractivity contribution >= 4 is 23.9 Å². The van der Waals surface area contributed by atoms with E-state index < -0.39 is 41.1 Å². The third-order valence-electron chi connectivity index (χ3n) is 5.93. The van der Waals surface area contributed by atoms with Crippen LogP contribution in [0.4, 0.5) is 0 Å². The van der Waals surface area contributed by atoms with E-state index in [2.05, 4.69) is 4.74 Å². The molecule has 210 valence electrons. The maximum absolute atomic E-state index is 13.0. The van der Waals surface area contributed by atoms with Crippen LogP contribution in [0.2, 0.25) is 0 Å². The highest BCUT2D eigenvalue weighted by atomic mass is 16.5. The van der Waals surface area contributed by atoms with Gasteiger partial charge in [0.15, 0.2) is 0 Å². The molecule has 0 radical (unpaired) electrons. The second-order valence-electron chi connectivity index (χ2n) is 8.50. The van der Waals surface area contributed by atoms with Crippen molar-refractivity contribution < 1.29 is 58.2 Å². The van der Waals surface area contributed by atoms with Crippen LogP contribution in [-0.2, 0) is 9.47 Å². The molecule has 0 heterocycles. The van der Waals surface area contributed by atoms with Crippen LogP contribution in [0.1, 0.15) is 58.1 Å². The van der Waals surface area contributed by atoms with Crippen molar-refractivity contribution in [2.24, 2.45) is 0 Å². The predicted molar refractivity (Wildman–Crippen MR) is 138 cm³/mol. The standard InChI is InChI=1S/C28H26O12/c1-12-7-15(9-17(29)21(12)25(32)37-5)39-27(34)22-13(2)8-16(10-18(22)30)40-28(35)23-14(3)24(26(33)38-6)20(36-4)11-19(23)31/h7-11,29-31H,1-6H3. The van der Waals surface area contributed by atoms with Crippen molar-refractivity contribution in [3.05, 3.63) is 69.3 Å². The van der Waals surface area contributed by atoms with Gasteiger partial charge in [0.2, 0.25) is 0 Å². The average molecular weight is 555 g/mol. The largest absolute Gasteiger partial charge is 0.507 e. The van der Waals surface area contributed by atoms with E-state index >= 15 is 0 Å². The number of aryl methyl sites for hydroxylation is 2. The molecule has 3 aromatic carbocycles. The minimum Gasteiger partial charge on any atom is -0.507 e. The van der Waals surface area contributed by atoms with Gasteiger partial charge in [0.25, 0.3) is 0 Å². The van der Waals surface area contributed by atoms with E-state index in [-0.39, 0.29) is 56.2 Å². The smallest absolute Gasteiger partial charge is 0.347 e. The summed E-state index contributed by atoms with van der Waals surface area (Å²) < 4.78 is 25.0. The second kappa shape index (κ2) is 11.6. The SMILES string of the molecule is COC(=O)c1c(C)cc(OC(=O)c2c(C)cc(OC(=O)c3c(O)cc(OC)c(C(=O)OC)c3C)cc2O)cc1O. The summed E-state index contributed by atoms with van der Waals surface area (Å²) in [6.45, 7) is 4.35. The number of rotatable bonds is 7. The van der Waals surface area contributed by atoms with Crippen molar-refractivity contribution in [1.29, 1.82) is 0 Å². The third kappa shape index (κ3) is 5.60. The molecule has 3 aromatic rings. The predicted octanol–water partition coefficient (Wildman–Crippen LogP) is 3.75. The highest BCUT2D eigenvalue weighted by molar-refractivity contribution is 6.03. The van der Waals surface area contributed by atoms with E-state index in [0.717, 1.165) is 32.4 Å². The maximum atomic E-state index is 13.0. The molecular weight excluding hydrogens is 528 g/mol. The Labute approximate surface area is 228 Å². The molecule has 0 aliphatic heterocycles. The summed E-state index contributed by atoms with van der Waals surface area (Å²) in [5, 5.41) is 31.1. The summed E-state index contributed by atoms with van der Waals surface area (Å²) >= 11 is 0. The first-order chi connectivity index (χ1) is 18.8. The van der Waals surface area contributed by atoms with Crippen molar-refractivity contribution in [3.8, 4) is 34.5 Å². The van der Waals surface area contributed by atoms with Gasteiger partial charge in [-0.25, -0.2) is 19.2 Å². The van der Waals surface area contributed by atoms with Crippen LogP contribution >= 0.6 is 0 Å². The van der Waals surface area contributed by atoms with E-state index in [1.807, 2.05) is 0 Å². The summed E-state index contributed by atoms with van der Waals surface area (Å²) in [5.74, 6) is -5.51. The Morgan fingerprint density at radius 2 is 0.950 bits per heavy atom. The number of carbonyl (C=O) groups is 4. The van der Waals surface area contributed by atoms with E-state index in [4.69, 9.17) is 18.9 Å². The average Bonchev–Trinajstić information content (AvgIpc) is 2.86. The molecule has 0 amide bonds. The van der Waals surface area contributed by atoms with Crippen LogP contribution in [0.5, 0.6) is 34.5 Å². The topological polar surface area (TPSA) is 175 Å². The molecule has 12 nitrogen and oxygen atoms in total. The molecule has 0 aliphatic rings. The number of benzene rings is 3. The molecule has 0 spiro atoms. The van der Waals surface area contributed by atoms with Crippen LogP contribution < -0.4 is 14.2 Å². The van der Waals surface area contributed by atoms with Crippen LogP contribution in [0.15, 0.2) is 30.3 Å². The first-order valence-electron chi connectivity index (χ1n) is 11.5. The summed E-state index contributed by atoms with van der Waals surface area (Å²) in [6, 6.07) is 5.70. The van der Waals surface area contributed by atoms with Gasteiger partial charge in [0.05, 0.1) is 21.3 Å². The summed E-state index contributed by atoms with van der Waals surface area (Å²) in [6.07, 6.45) is 0. The fraction of sp³-hybridized carbons (Fsp3) is 0.214. The number of phenolic OH excluding ortho intramolecular Hbond substituents is 3.